The Labute approximate surface area is 161 Å². The summed E-state index contributed by atoms with van der Waals surface area (Å²) in [4.78, 5) is 30.7. The van der Waals surface area contributed by atoms with E-state index in [1.807, 2.05) is 0 Å². The number of nitrogens with one attached hydrogen (secondary N) is 3. The molecule has 1 aromatic carbocycles. The van der Waals surface area contributed by atoms with Crippen molar-refractivity contribution in [3.05, 3.63) is 29.8 Å². The average Bonchev–Trinajstić information content (AvgIpc) is 2.94. The Hall–Kier alpha value is -2.29. The number of carbonyl (C=O) groups excluding carboxylic acids is 2. The maximum absolute atomic E-state index is 13.2. The summed E-state index contributed by atoms with van der Waals surface area (Å²) >= 11 is 1.43. The number of aromatic amines is 1. The lowest BCUT2D eigenvalue weighted by Crippen LogP contribution is -2.34. The Morgan fingerprint density at radius 3 is 2.78 bits per heavy atom. The third-order valence-corrected chi connectivity index (χ3v) is 4.28. The Morgan fingerprint density at radius 1 is 1.26 bits per heavy atom. The van der Waals surface area contributed by atoms with E-state index in [-0.39, 0.29) is 11.7 Å². The predicted octanol–water partition coefficient (Wildman–Crippen LogP) is 2.62. The molecular weight excluding hydrogens is 371 g/mol. The molecule has 0 radical (unpaired) electrons. The number of hydrogen-bond donors (Lipinski definition) is 3. The van der Waals surface area contributed by atoms with Crippen LogP contribution >= 0.6 is 11.8 Å². The third kappa shape index (κ3) is 7.86. The van der Waals surface area contributed by atoms with Gasteiger partial charge in [-0.05, 0) is 39.0 Å². The fraction of sp³-hybridized carbons (Fsp3) is 0.500. The summed E-state index contributed by atoms with van der Waals surface area (Å²) in [5.41, 5.74) is 0.820. The summed E-state index contributed by atoms with van der Waals surface area (Å²) in [5, 5.41) is 5.45. The molecule has 0 bridgehead atoms. The van der Waals surface area contributed by atoms with Crippen LogP contribution in [0.25, 0.3) is 11.0 Å². The van der Waals surface area contributed by atoms with Gasteiger partial charge in [0.2, 0.25) is 5.91 Å². The molecule has 9 heteroatoms. The zero-order chi connectivity index (χ0) is 19.9. The van der Waals surface area contributed by atoms with Gasteiger partial charge in [0.25, 0.3) is 0 Å². The maximum atomic E-state index is 13.2. The Morgan fingerprint density at radius 2 is 2.04 bits per heavy atom. The molecular formula is C18H25FN4O3S. The van der Waals surface area contributed by atoms with Crippen LogP contribution in [-0.2, 0) is 16.0 Å². The first-order chi connectivity index (χ1) is 12.7. The van der Waals surface area contributed by atoms with Crippen LogP contribution < -0.4 is 10.6 Å². The summed E-state index contributed by atoms with van der Waals surface area (Å²) < 4.78 is 18.3. The molecule has 2 amide bonds. The Balaban J connectivity index is 1.57. The van der Waals surface area contributed by atoms with Crippen molar-refractivity contribution >= 4 is 34.8 Å². The van der Waals surface area contributed by atoms with E-state index in [9.17, 15) is 14.0 Å². The first-order valence-corrected chi connectivity index (χ1v) is 9.84. The van der Waals surface area contributed by atoms with Crippen molar-refractivity contribution < 1.29 is 18.7 Å². The molecule has 7 nitrogen and oxygen atoms in total. The quantitative estimate of drug-likeness (QED) is 0.596. The van der Waals surface area contributed by atoms with Gasteiger partial charge in [0.1, 0.15) is 17.2 Å². The van der Waals surface area contributed by atoms with Crippen molar-refractivity contribution in [3.8, 4) is 0 Å². The highest BCUT2D eigenvalue weighted by Crippen LogP contribution is 2.13. The molecule has 2 rings (SSSR count). The number of aromatic nitrogens is 2. The van der Waals surface area contributed by atoms with Crippen LogP contribution in [0.4, 0.5) is 9.18 Å². The Bertz CT molecular complexity index is 788. The number of hydrogen-bond acceptors (Lipinski definition) is 5. The molecule has 1 aromatic heterocycles. The molecule has 0 fully saturated rings. The molecule has 0 unspecified atom stereocenters. The number of thioether (sulfide) groups is 1. The second-order valence-corrected chi connectivity index (χ2v) is 8.03. The normalized spacial score (nSPS) is 11.4. The average molecular weight is 396 g/mol. The molecule has 1 heterocycles. The number of alkyl carbamates (subject to hydrolysis) is 1. The SMILES string of the molecule is CC(C)(C)OC(=O)NCCSCC(=O)NCCc1nc2ccc(F)cc2[nH]1. The molecule has 27 heavy (non-hydrogen) atoms. The van der Waals surface area contributed by atoms with Gasteiger partial charge in [0.15, 0.2) is 0 Å². The number of fused-ring (bicyclic) bond motifs is 1. The minimum atomic E-state index is -0.523. The van der Waals surface area contributed by atoms with Crippen LogP contribution in [0.3, 0.4) is 0 Å². The van der Waals surface area contributed by atoms with Gasteiger partial charge in [-0.25, -0.2) is 14.2 Å². The lowest BCUT2D eigenvalue weighted by Gasteiger charge is -2.19. The van der Waals surface area contributed by atoms with E-state index in [2.05, 4.69) is 20.6 Å². The standard InChI is InChI=1S/C18H25FN4O3S/c1-18(2,3)26-17(25)21-8-9-27-11-16(24)20-7-6-15-22-13-5-4-12(19)10-14(13)23-15/h4-5,10H,6-9,11H2,1-3H3,(H,20,24)(H,21,25)(H,22,23). The minimum Gasteiger partial charge on any atom is -0.444 e. The molecule has 0 saturated carbocycles. The summed E-state index contributed by atoms with van der Waals surface area (Å²) in [5.74, 6) is 1.22. The minimum absolute atomic E-state index is 0.0839. The second-order valence-electron chi connectivity index (χ2n) is 6.93. The number of benzene rings is 1. The number of halogens is 1. The van der Waals surface area contributed by atoms with Crippen LogP contribution in [-0.4, -0.2) is 52.2 Å². The van der Waals surface area contributed by atoms with Gasteiger partial charge in [-0.3, -0.25) is 4.79 Å². The summed E-state index contributed by atoms with van der Waals surface area (Å²) in [6.45, 7) is 6.28. The van der Waals surface area contributed by atoms with E-state index in [4.69, 9.17) is 4.74 Å². The highest BCUT2D eigenvalue weighted by atomic mass is 32.2. The lowest BCUT2D eigenvalue weighted by atomic mass is 10.2. The van der Waals surface area contributed by atoms with Crippen LogP contribution in [0.2, 0.25) is 0 Å². The number of H-pyrrole nitrogens is 1. The van der Waals surface area contributed by atoms with Crippen LogP contribution in [0.15, 0.2) is 18.2 Å². The van der Waals surface area contributed by atoms with E-state index in [1.54, 1.807) is 26.8 Å². The number of rotatable bonds is 8. The monoisotopic (exact) mass is 396 g/mol. The lowest BCUT2D eigenvalue weighted by molar-refractivity contribution is -0.118. The van der Waals surface area contributed by atoms with Crippen LogP contribution in [0, 0.1) is 5.82 Å². The van der Waals surface area contributed by atoms with Crippen molar-refractivity contribution in [1.29, 1.82) is 0 Å². The van der Waals surface area contributed by atoms with Gasteiger partial charge in [-0.2, -0.15) is 11.8 Å². The zero-order valence-corrected chi connectivity index (χ0v) is 16.5. The second kappa shape index (κ2) is 9.59. The largest absolute Gasteiger partial charge is 0.444 e. The van der Waals surface area contributed by atoms with Gasteiger partial charge in [-0.1, -0.05) is 0 Å². The molecule has 148 valence electrons. The van der Waals surface area contributed by atoms with Gasteiger partial charge in [0.05, 0.1) is 16.8 Å². The van der Waals surface area contributed by atoms with E-state index >= 15 is 0 Å². The number of imidazole rings is 1. The molecule has 0 saturated heterocycles. The van der Waals surface area contributed by atoms with E-state index in [0.29, 0.717) is 47.9 Å². The third-order valence-electron chi connectivity index (χ3n) is 3.32. The van der Waals surface area contributed by atoms with Crippen LogP contribution in [0.5, 0.6) is 0 Å². The molecule has 0 aliphatic rings. The molecule has 0 aliphatic heterocycles. The molecule has 0 spiro atoms. The molecule has 0 aliphatic carbocycles. The van der Waals surface area contributed by atoms with E-state index in [1.165, 1.54) is 23.9 Å². The Kier molecular flexibility index (Phi) is 7.46. The maximum Gasteiger partial charge on any atom is 0.407 e. The fourth-order valence-electron chi connectivity index (χ4n) is 2.23. The van der Waals surface area contributed by atoms with Gasteiger partial charge >= 0.3 is 6.09 Å². The number of nitrogens with zero attached hydrogens (tertiary/aromatic N) is 1. The number of ether oxygens (including phenoxy) is 1. The highest BCUT2D eigenvalue weighted by Gasteiger charge is 2.15. The molecule has 0 atom stereocenters. The molecule has 3 N–H and O–H groups in total. The van der Waals surface area contributed by atoms with Gasteiger partial charge in [0, 0.05) is 25.3 Å². The fourth-order valence-corrected chi connectivity index (χ4v) is 2.91. The van der Waals surface area contributed by atoms with Crippen molar-refractivity contribution in [3.63, 3.8) is 0 Å². The predicted molar refractivity (Wildman–Crippen MR) is 104 cm³/mol. The number of carbonyl (C=O) groups is 2. The molecule has 2 aromatic rings. The van der Waals surface area contributed by atoms with Gasteiger partial charge in [-0.15, -0.1) is 0 Å². The zero-order valence-electron chi connectivity index (χ0n) is 15.7. The summed E-state index contributed by atoms with van der Waals surface area (Å²) in [6.07, 6.45) is 0.0747. The smallest absolute Gasteiger partial charge is 0.407 e. The van der Waals surface area contributed by atoms with E-state index < -0.39 is 11.7 Å². The topological polar surface area (TPSA) is 96.1 Å². The van der Waals surface area contributed by atoms with Crippen molar-refractivity contribution in [2.45, 2.75) is 32.8 Å². The van der Waals surface area contributed by atoms with E-state index in [0.717, 1.165) is 0 Å². The first-order valence-electron chi connectivity index (χ1n) is 8.68. The highest BCUT2D eigenvalue weighted by molar-refractivity contribution is 7.99. The summed E-state index contributed by atoms with van der Waals surface area (Å²) in [6, 6.07) is 4.38. The first kappa shape index (κ1) is 21.0. The van der Waals surface area contributed by atoms with Gasteiger partial charge < -0.3 is 20.4 Å². The van der Waals surface area contributed by atoms with Crippen LogP contribution in [0.1, 0.15) is 26.6 Å². The van der Waals surface area contributed by atoms with Crippen molar-refractivity contribution in [2.75, 3.05) is 24.6 Å². The number of amides is 2. The summed E-state index contributed by atoms with van der Waals surface area (Å²) in [7, 11) is 0. The van der Waals surface area contributed by atoms with Crippen molar-refractivity contribution in [2.24, 2.45) is 0 Å². The van der Waals surface area contributed by atoms with Crippen molar-refractivity contribution in [1.82, 2.24) is 20.6 Å².